The van der Waals surface area contributed by atoms with Crippen molar-refractivity contribution in [2.45, 2.75) is 26.9 Å². The molecule has 0 aliphatic carbocycles. The molecule has 0 amide bonds. The summed E-state index contributed by atoms with van der Waals surface area (Å²) in [6, 6.07) is 8.04. The van der Waals surface area contributed by atoms with Crippen LogP contribution in [0.4, 0.5) is 8.78 Å². The zero-order valence-corrected chi connectivity index (χ0v) is 11.9. The minimum atomic E-state index is -0.805. The van der Waals surface area contributed by atoms with Crippen LogP contribution in [0.5, 0.6) is 0 Å². The van der Waals surface area contributed by atoms with E-state index in [1.165, 1.54) is 12.1 Å². The summed E-state index contributed by atoms with van der Waals surface area (Å²) in [6.07, 6.45) is 1.95. The predicted octanol–water partition coefficient (Wildman–Crippen LogP) is 3.56. The van der Waals surface area contributed by atoms with Gasteiger partial charge >= 0.3 is 0 Å². The first kappa shape index (κ1) is 14.7. The molecule has 1 aromatic heterocycles. The molecular weight excluding hydrogens is 258 g/mol. The summed E-state index contributed by atoms with van der Waals surface area (Å²) >= 11 is 0. The van der Waals surface area contributed by atoms with Gasteiger partial charge in [0.2, 0.25) is 0 Å². The first-order chi connectivity index (χ1) is 9.56. The van der Waals surface area contributed by atoms with Gasteiger partial charge in [-0.1, -0.05) is 19.9 Å². The molecule has 0 aliphatic rings. The van der Waals surface area contributed by atoms with Crippen molar-refractivity contribution in [3.8, 4) is 0 Å². The standard InChI is InChI=1S/C16H20F2N2/c1-12(2)9-19-10-14-4-3-7-20(14)11-13-5-6-15(17)16(18)8-13/h3-8,12,19H,9-11H2,1-2H3. The van der Waals surface area contributed by atoms with E-state index < -0.39 is 11.6 Å². The van der Waals surface area contributed by atoms with Crippen LogP contribution >= 0.6 is 0 Å². The van der Waals surface area contributed by atoms with Crippen molar-refractivity contribution in [2.75, 3.05) is 6.54 Å². The van der Waals surface area contributed by atoms with Crippen molar-refractivity contribution >= 4 is 0 Å². The van der Waals surface area contributed by atoms with Gasteiger partial charge in [0.15, 0.2) is 11.6 Å². The van der Waals surface area contributed by atoms with Crippen LogP contribution in [0.3, 0.4) is 0 Å². The lowest BCUT2D eigenvalue weighted by molar-refractivity contribution is 0.505. The van der Waals surface area contributed by atoms with Gasteiger partial charge in [-0.05, 0) is 42.3 Å². The van der Waals surface area contributed by atoms with E-state index in [2.05, 4.69) is 19.2 Å². The summed E-state index contributed by atoms with van der Waals surface area (Å²) in [4.78, 5) is 0. The minimum Gasteiger partial charge on any atom is -0.346 e. The van der Waals surface area contributed by atoms with Crippen molar-refractivity contribution in [2.24, 2.45) is 5.92 Å². The van der Waals surface area contributed by atoms with Gasteiger partial charge in [0.25, 0.3) is 0 Å². The number of rotatable bonds is 6. The Morgan fingerprint density at radius 1 is 1.15 bits per heavy atom. The molecule has 0 unspecified atom stereocenters. The zero-order chi connectivity index (χ0) is 14.5. The van der Waals surface area contributed by atoms with Crippen LogP contribution in [-0.2, 0) is 13.1 Å². The third kappa shape index (κ3) is 3.90. The molecule has 0 saturated heterocycles. The van der Waals surface area contributed by atoms with Crippen molar-refractivity contribution in [3.05, 3.63) is 59.4 Å². The normalized spacial score (nSPS) is 11.2. The lowest BCUT2D eigenvalue weighted by atomic mass is 10.2. The molecular formula is C16H20F2N2. The lowest BCUT2D eigenvalue weighted by Crippen LogP contribution is -2.20. The molecule has 1 N–H and O–H groups in total. The summed E-state index contributed by atoms with van der Waals surface area (Å²) in [5.41, 5.74) is 1.89. The van der Waals surface area contributed by atoms with Gasteiger partial charge in [-0.15, -0.1) is 0 Å². The van der Waals surface area contributed by atoms with Crippen molar-refractivity contribution in [1.29, 1.82) is 0 Å². The average molecular weight is 278 g/mol. The van der Waals surface area contributed by atoms with Crippen molar-refractivity contribution < 1.29 is 8.78 Å². The van der Waals surface area contributed by atoms with Gasteiger partial charge in [-0.3, -0.25) is 0 Å². The molecule has 20 heavy (non-hydrogen) atoms. The van der Waals surface area contributed by atoms with Gasteiger partial charge in [0.05, 0.1) is 0 Å². The monoisotopic (exact) mass is 278 g/mol. The Morgan fingerprint density at radius 3 is 2.65 bits per heavy atom. The fraction of sp³-hybridized carbons (Fsp3) is 0.375. The molecule has 0 spiro atoms. The number of hydrogen-bond acceptors (Lipinski definition) is 1. The number of aromatic nitrogens is 1. The second-order valence-corrected chi connectivity index (χ2v) is 5.40. The molecule has 2 aromatic rings. The molecule has 0 fully saturated rings. The van der Waals surface area contributed by atoms with Crippen LogP contribution in [0.15, 0.2) is 36.5 Å². The molecule has 0 aliphatic heterocycles. The predicted molar refractivity (Wildman–Crippen MR) is 76.4 cm³/mol. The van der Waals surface area contributed by atoms with Gasteiger partial charge in [-0.25, -0.2) is 8.78 Å². The SMILES string of the molecule is CC(C)CNCc1cccn1Cc1ccc(F)c(F)c1. The van der Waals surface area contributed by atoms with E-state index in [9.17, 15) is 8.78 Å². The second-order valence-electron chi connectivity index (χ2n) is 5.40. The fourth-order valence-corrected chi connectivity index (χ4v) is 2.09. The van der Waals surface area contributed by atoms with Gasteiger partial charge < -0.3 is 9.88 Å². The minimum absolute atomic E-state index is 0.545. The van der Waals surface area contributed by atoms with Gasteiger partial charge in [-0.2, -0.15) is 0 Å². The summed E-state index contributed by atoms with van der Waals surface area (Å²) in [7, 11) is 0. The number of benzene rings is 1. The molecule has 0 atom stereocenters. The quantitative estimate of drug-likeness (QED) is 0.855. The van der Waals surface area contributed by atoms with Crippen LogP contribution in [0.25, 0.3) is 0 Å². The Bertz CT molecular complexity index is 561. The Hall–Kier alpha value is -1.68. The third-order valence-electron chi connectivity index (χ3n) is 3.12. The highest BCUT2D eigenvalue weighted by molar-refractivity contribution is 5.20. The van der Waals surface area contributed by atoms with Crippen LogP contribution in [0, 0.1) is 17.6 Å². The van der Waals surface area contributed by atoms with Crippen molar-refractivity contribution in [3.63, 3.8) is 0 Å². The Balaban J connectivity index is 2.02. The molecule has 0 saturated carbocycles. The first-order valence-corrected chi connectivity index (χ1v) is 6.85. The third-order valence-corrected chi connectivity index (χ3v) is 3.12. The summed E-state index contributed by atoms with van der Waals surface area (Å²) in [6.45, 7) is 6.59. The van der Waals surface area contributed by atoms with E-state index in [4.69, 9.17) is 0 Å². The van der Waals surface area contributed by atoms with Crippen LogP contribution in [0.1, 0.15) is 25.1 Å². The Labute approximate surface area is 118 Å². The van der Waals surface area contributed by atoms with E-state index in [-0.39, 0.29) is 0 Å². The average Bonchev–Trinajstić information content (AvgIpc) is 2.81. The molecule has 0 bridgehead atoms. The smallest absolute Gasteiger partial charge is 0.159 e. The highest BCUT2D eigenvalue weighted by Crippen LogP contribution is 2.12. The van der Waals surface area contributed by atoms with E-state index in [1.54, 1.807) is 6.07 Å². The highest BCUT2D eigenvalue weighted by atomic mass is 19.2. The zero-order valence-electron chi connectivity index (χ0n) is 11.9. The van der Waals surface area contributed by atoms with Crippen LogP contribution < -0.4 is 5.32 Å². The highest BCUT2D eigenvalue weighted by Gasteiger charge is 2.05. The van der Waals surface area contributed by atoms with E-state index in [1.807, 2.05) is 22.9 Å². The molecule has 108 valence electrons. The summed E-state index contributed by atoms with van der Waals surface area (Å²) in [5, 5.41) is 3.38. The molecule has 1 heterocycles. The van der Waals surface area contributed by atoms with E-state index in [0.717, 1.165) is 24.3 Å². The topological polar surface area (TPSA) is 17.0 Å². The Morgan fingerprint density at radius 2 is 1.95 bits per heavy atom. The maximum atomic E-state index is 13.2. The van der Waals surface area contributed by atoms with E-state index >= 15 is 0 Å². The van der Waals surface area contributed by atoms with Crippen LogP contribution in [0.2, 0.25) is 0 Å². The second kappa shape index (κ2) is 6.66. The largest absolute Gasteiger partial charge is 0.346 e. The van der Waals surface area contributed by atoms with Crippen LogP contribution in [-0.4, -0.2) is 11.1 Å². The molecule has 2 nitrogen and oxygen atoms in total. The Kier molecular flexibility index (Phi) is 4.90. The van der Waals surface area contributed by atoms with Gasteiger partial charge in [0.1, 0.15) is 0 Å². The maximum Gasteiger partial charge on any atom is 0.159 e. The summed E-state index contributed by atoms with van der Waals surface area (Å²) < 4.78 is 28.2. The number of nitrogens with one attached hydrogen (secondary N) is 1. The maximum absolute atomic E-state index is 13.2. The lowest BCUT2D eigenvalue weighted by Gasteiger charge is -2.12. The van der Waals surface area contributed by atoms with Gasteiger partial charge in [0, 0.05) is 25.0 Å². The molecule has 0 radical (unpaired) electrons. The number of halogens is 2. The van der Waals surface area contributed by atoms with Crippen molar-refractivity contribution in [1.82, 2.24) is 9.88 Å². The summed E-state index contributed by atoms with van der Waals surface area (Å²) in [5.74, 6) is -1.00. The fourth-order valence-electron chi connectivity index (χ4n) is 2.09. The molecule has 2 rings (SSSR count). The molecule has 4 heteroatoms. The number of hydrogen-bond donors (Lipinski definition) is 1. The number of nitrogens with zero attached hydrogens (tertiary/aromatic N) is 1. The molecule has 1 aromatic carbocycles. The first-order valence-electron chi connectivity index (χ1n) is 6.85. The van der Waals surface area contributed by atoms with E-state index in [0.29, 0.717) is 12.5 Å².